The maximum absolute atomic E-state index is 12.6. The first kappa shape index (κ1) is 18.9. The van der Waals surface area contributed by atoms with Gasteiger partial charge < -0.3 is 19.9 Å². The van der Waals surface area contributed by atoms with E-state index in [1.54, 1.807) is 11.1 Å². The Morgan fingerprint density at radius 3 is 2.60 bits per heavy atom. The van der Waals surface area contributed by atoms with Crippen molar-refractivity contribution in [3.63, 3.8) is 0 Å². The van der Waals surface area contributed by atoms with E-state index >= 15 is 0 Å². The monoisotopic (exact) mass is 406 g/mol. The Labute approximate surface area is 176 Å². The number of nitrogens with zero attached hydrogens (tertiary/aromatic N) is 3. The fraction of sp³-hybridized carbons (Fsp3) is 0.435. The van der Waals surface area contributed by atoms with Gasteiger partial charge in [-0.25, -0.2) is 4.79 Å². The number of aromatic nitrogens is 1. The van der Waals surface area contributed by atoms with E-state index in [4.69, 9.17) is 4.74 Å². The zero-order valence-corrected chi connectivity index (χ0v) is 16.9. The van der Waals surface area contributed by atoms with Crippen LogP contribution in [0.1, 0.15) is 36.8 Å². The lowest BCUT2D eigenvalue weighted by Gasteiger charge is -2.18. The van der Waals surface area contributed by atoms with E-state index in [-0.39, 0.29) is 18.0 Å². The number of fused-ring (bicyclic) bond motifs is 1. The molecule has 1 saturated heterocycles. The molecule has 3 amide bonds. The second kappa shape index (κ2) is 7.97. The predicted molar refractivity (Wildman–Crippen MR) is 112 cm³/mol. The fourth-order valence-corrected chi connectivity index (χ4v) is 4.12. The molecule has 0 bridgehead atoms. The number of anilines is 1. The van der Waals surface area contributed by atoms with Crippen LogP contribution in [0.2, 0.25) is 0 Å². The maximum atomic E-state index is 12.6. The number of pyridine rings is 1. The van der Waals surface area contributed by atoms with E-state index in [0.717, 1.165) is 35.5 Å². The topological polar surface area (TPSA) is 74.8 Å². The molecule has 7 nitrogen and oxygen atoms in total. The molecule has 1 aliphatic carbocycles. The second-order valence-electron chi connectivity index (χ2n) is 8.47. The number of carbonyl (C=O) groups is 2. The summed E-state index contributed by atoms with van der Waals surface area (Å²) in [4.78, 5) is 32.6. The molecule has 1 atom stereocenters. The van der Waals surface area contributed by atoms with Crippen molar-refractivity contribution < 1.29 is 14.3 Å². The van der Waals surface area contributed by atoms with Crippen molar-refractivity contribution in [3.05, 3.63) is 53.9 Å². The molecule has 156 valence electrons. The van der Waals surface area contributed by atoms with Crippen LogP contribution in [-0.2, 0) is 17.9 Å². The van der Waals surface area contributed by atoms with Crippen molar-refractivity contribution in [2.24, 2.45) is 5.92 Å². The van der Waals surface area contributed by atoms with Gasteiger partial charge in [-0.15, -0.1) is 0 Å². The van der Waals surface area contributed by atoms with E-state index in [0.29, 0.717) is 32.0 Å². The molecule has 7 heteroatoms. The highest BCUT2D eigenvalue weighted by Gasteiger charge is 2.31. The van der Waals surface area contributed by atoms with Crippen LogP contribution in [0.15, 0.2) is 42.7 Å². The molecule has 3 heterocycles. The van der Waals surface area contributed by atoms with Gasteiger partial charge in [0.15, 0.2) is 0 Å². The molecule has 2 aliphatic heterocycles. The Balaban J connectivity index is 1.11. The van der Waals surface area contributed by atoms with Gasteiger partial charge in [0.25, 0.3) is 0 Å². The summed E-state index contributed by atoms with van der Waals surface area (Å²) in [6.45, 7) is 2.61. The standard InChI is InChI=1S/C23H26N4O3/c28-22(11-16-1-2-16)26-10-8-21(15-26)30-20-5-3-19(4-6-20)25-23(29)27-13-17-7-9-24-12-18(17)14-27/h3-7,9,12,16,21H,1-2,8,10-11,13-15H2,(H,25,29)/t21-/m0/s1. The number of likely N-dealkylation sites (tertiary alicyclic amines) is 1. The first-order chi connectivity index (χ1) is 14.6. The van der Waals surface area contributed by atoms with E-state index in [2.05, 4.69) is 10.3 Å². The van der Waals surface area contributed by atoms with Crippen LogP contribution in [-0.4, -0.2) is 45.9 Å². The highest BCUT2D eigenvalue weighted by Crippen LogP contribution is 2.33. The summed E-state index contributed by atoms with van der Waals surface area (Å²) in [5, 5.41) is 2.94. The normalized spacial score (nSPS) is 20.2. The van der Waals surface area contributed by atoms with Gasteiger partial charge >= 0.3 is 6.03 Å². The lowest BCUT2D eigenvalue weighted by molar-refractivity contribution is -0.130. The first-order valence-electron chi connectivity index (χ1n) is 10.7. The van der Waals surface area contributed by atoms with Crippen molar-refractivity contribution in [2.75, 3.05) is 18.4 Å². The molecular weight excluding hydrogens is 380 g/mol. The number of ether oxygens (including phenoxy) is 1. The van der Waals surface area contributed by atoms with Gasteiger partial charge in [0.05, 0.1) is 6.54 Å². The largest absolute Gasteiger partial charge is 0.489 e. The average Bonchev–Trinajstić information content (AvgIpc) is 3.26. The Morgan fingerprint density at radius 2 is 1.83 bits per heavy atom. The minimum Gasteiger partial charge on any atom is -0.489 e. The molecule has 0 unspecified atom stereocenters. The van der Waals surface area contributed by atoms with Crippen LogP contribution in [0.25, 0.3) is 0 Å². The molecule has 2 aromatic rings. The van der Waals surface area contributed by atoms with Crippen LogP contribution in [0.5, 0.6) is 5.75 Å². The van der Waals surface area contributed by atoms with Crippen LogP contribution < -0.4 is 10.1 Å². The highest BCUT2D eigenvalue weighted by molar-refractivity contribution is 5.89. The summed E-state index contributed by atoms with van der Waals surface area (Å²) in [6.07, 6.45) is 7.56. The third kappa shape index (κ3) is 4.25. The SMILES string of the molecule is O=C(CC1CC1)N1CC[C@H](Oc2ccc(NC(=O)N3Cc4ccncc4C3)cc2)C1. The van der Waals surface area contributed by atoms with Crippen molar-refractivity contribution >= 4 is 17.6 Å². The zero-order valence-electron chi connectivity index (χ0n) is 16.9. The van der Waals surface area contributed by atoms with E-state index in [1.165, 1.54) is 12.8 Å². The Hall–Kier alpha value is -3.09. The van der Waals surface area contributed by atoms with Gasteiger partial charge in [0.2, 0.25) is 5.91 Å². The smallest absolute Gasteiger partial charge is 0.322 e. The lowest BCUT2D eigenvalue weighted by atomic mass is 10.2. The number of benzene rings is 1. The summed E-state index contributed by atoms with van der Waals surface area (Å²) in [5.41, 5.74) is 2.97. The van der Waals surface area contributed by atoms with Gasteiger partial charge in [-0.05, 0) is 60.2 Å². The van der Waals surface area contributed by atoms with Gasteiger partial charge in [-0.1, -0.05) is 0 Å². The molecule has 30 heavy (non-hydrogen) atoms. The minimum atomic E-state index is -0.125. The quantitative estimate of drug-likeness (QED) is 0.826. The molecule has 0 radical (unpaired) electrons. The van der Waals surface area contributed by atoms with Crippen molar-refractivity contribution in [1.29, 1.82) is 0 Å². The van der Waals surface area contributed by atoms with Crippen LogP contribution in [0, 0.1) is 5.92 Å². The first-order valence-corrected chi connectivity index (χ1v) is 10.7. The summed E-state index contributed by atoms with van der Waals surface area (Å²) in [7, 11) is 0. The van der Waals surface area contributed by atoms with Crippen molar-refractivity contribution in [2.45, 2.75) is 44.9 Å². The molecule has 1 aromatic carbocycles. The van der Waals surface area contributed by atoms with Gasteiger partial charge in [-0.3, -0.25) is 9.78 Å². The van der Waals surface area contributed by atoms with E-state index < -0.39 is 0 Å². The molecule has 5 rings (SSSR count). The number of rotatable bonds is 5. The molecule has 1 aromatic heterocycles. The average molecular weight is 406 g/mol. The molecule has 0 spiro atoms. The summed E-state index contributed by atoms with van der Waals surface area (Å²) >= 11 is 0. The Bertz CT molecular complexity index is 917. The third-order valence-electron chi connectivity index (χ3n) is 6.08. The molecule has 1 saturated carbocycles. The van der Waals surface area contributed by atoms with Crippen molar-refractivity contribution in [1.82, 2.24) is 14.8 Å². The maximum Gasteiger partial charge on any atom is 0.322 e. The van der Waals surface area contributed by atoms with Gasteiger partial charge in [0.1, 0.15) is 11.9 Å². The summed E-state index contributed by atoms with van der Waals surface area (Å²) in [5.74, 6) is 1.64. The minimum absolute atomic E-state index is 0.0327. The van der Waals surface area contributed by atoms with E-state index in [1.807, 2.05) is 41.4 Å². The molecule has 3 aliphatic rings. The Kier molecular flexibility index (Phi) is 5.02. The van der Waals surface area contributed by atoms with E-state index in [9.17, 15) is 9.59 Å². The molecule has 2 fully saturated rings. The number of nitrogens with one attached hydrogen (secondary N) is 1. The predicted octanol–water partition coefficient (Wildman–Crippen LogP) is 3.41. The van der Waals surface area contributed by atoms with Crippen LogP contribution in [0.3, 0.4) is 0 Å². The Morgan fingerprint density at radius 1 is 1.03 bits per heavy atom. The van der Waals surface area contributed by atoms with Crippen molar-refractivity contribution in [3.8, 4) is 5.75 Å². The number of carbonyl (C=O) groups excluding carboxylic acids is 2. The third-order valence-corrected chi connectivity index (χ3v) is 6.08. The molecule has 1 N–H and O–H groups in total. The van der Waals surface area contributed by atoms with Gasteiger partial charge in [-0.2, -0.15) is 0 Å². The van der Waals surface area contributed by atoms with Crippen LogP contribution >= 0.6 is 0 Å². The zero-order chi connectivity index (χ0) is 20.5. The second-order valence-corrected chi connectivity index (χ2v) is 8.47. The fourth-order valence-electron chi connectivity index (χ4n) is 4.12. The number of hydrogen-bond donors (Lipinski definition) is 1. The molecular formula is C23H26N4O3. The lowest BCUT2D eigenvalue weighted by Crippen LogP contribution is -2.31. The number of hydrogen-bond acceptors (Lipinski definition) is 4. The summed E-state index contributed by atoms with van der Waals surface area (Å²) < 4.78 is 6.05. The number of urea groups is 1. The highest BCUT2D eigenvalue weighted by atomic mass is 16.5. The van der Waals surface area contributed by atoms with Gasteiger partial charge in [0, 0.05) is 50.6 Å². The number of amides is 3. The summed E-state index contributed by atoms with van der Waals surface area (Å²) in [6, 6.07) is 9.27. The van der Waals surface area contributed by atoms with Crippen LogP contribution in [0.4, 0.5) is 10.5 Å².